The first-order valence-electron chi connectivity index (χ1n) is 13.0. The third kappa shape index (κ3) is 7.45. The Morgan fingerprint density at radius 1 is 0.742 bits per heavy atom. The minimum atomic E-state index is -0.281. The molecular formula is C27H44ClNO2. The molecule has 3 aliphatic rings. The van der Waals surface area contributed by atoms with E-state index in [0.717, 1.165) is 32.5 Å². The van der Waals surface area contributed by atoms with Gasteiger partial charge in [-0.3, -0.25) is 0 Å². The van der Waals surface area contributed by atoms with E-state index < -0.39 is 0 Å². The summed E-state index contributed by atoms with van der Waals surface area (Å²) in [7, 11) is 0. The molecule has 3 fully saturated rings. The van der Waals surface area contributed by atoms with Crippen molar-refractivity contribution in [2.24, 2.45) is 0 Å². The van der Waals surface area contributed by atoms with E-state index in [9.17, 15) is 0 Å². The van der Waals surface area contributed by atoms with Crippen LogP contribution in [0.25, 0.3) is 0 Å². The second-order valence-corrected chi connectivity index (χ2v) is 10.3. The van der Waals surface area contributed by atoms with Crippen molar-refractivity contribution < 1.29 is 26.4 Å². The van der Waals surface area contributed by atoms with Crippen molar-refractivity contribution in [1.82, 2.24) is 0 Å². The topological polar surface area (TPSA) is 18.5 Å². The number of rotatable bonds is 4. The highest BCUT2D eigenvalue weighted by atomic mass is 35.5. The fraction of sp³-hybridized carbons (Fsp3) is 0.778. The molecule has 4 rings (SSSR count). The molecule has 0 bridgehead atoms. The van der Waals surface area contributed by atoms with Crippen LogP contribution in [0, 0.1) is 0 Å². The van der Waals surface area contributed by atoms with Gasteiger partial charge in [0.2, 0.25) is 0 Å². The number of likely N-dealkylation sites (tertiary alicyclic amines) is 1. The fourth-order valence-electron chi connectivity index (χ4n) is 6.11. The van der Waals surface area contributed by atoms with Crippen LogP contribution in [-0.2, 0) is 16.0 Å². The normalized spacial score (nSPS) is 27.0. The summed E-state index contributed by atoms with van der Waals surface area (Å²) >= 11 is 0. The lowest BCUT2D eigenvalue weighted by molar-refractivity contribution is -0.947. The van der Waals surface area contributed by atoms with E-state index in [1.54, 1.807) is 0 Å². The standard InChI is InChI=1S/C27H44NO2.ClH/c1-2-4-6-12-18-27(19-13-7-5-3-1)29-24-26(30-27)23-28(20-14-9-15-21-28)22-25-16-10-8-11-17-25;/h8,10-11,16-17,26H,1-7,9,12-15,18-24H2;1H/q+1;/p-1/t26-;/m1./s1. The van der Waals surface area contributed by atoms with Gasteiger partial charge in [0.05, 0.1) is 19.7 Å². The highest BCUT2D eigenvalue weighted by molar-refractivity contribution is 5.13. The summed E-state index contributed by atoms with van der Waals surface area (Å²) in [6.45, 7) is 5.66. The monoisotopic (exact) mass is 449 g/mol. The third-order valence-corrected chi connectivity index (χ3v) is 7.75. The minimum Gasteiger partial charge on any atom is -1.00 e. The summed E-state index contributed by atoms with van der Waals surface area (Å²) in [6.07, 6.45) is 18.8. The van der Waals surface area contributed by atoms with Crippen molar-refractivity contribution in [3.8, 4) is 0 Å². The van der Waals surface area contributed by atoms with Crippen LogP contribution in [-0.4, -0.2) is 42.6 Å². The van der Waals surface area contributed by atoms with Crippen LogP contribution in [0.2, 0.25) is 0 Å². The first-order valence-corrected chi connectivity index (χ1v) is 13.0. The Morgan fingerprint density at radius 2 is 1.29 bits per heavy atom. The maximum Gasteiger partial charge on any atom is 0.169 e. The predicted molar refractivity (Wildman–Crippen MR) is 123 cm³/mol. The van der Waals surface area contributed by atoms with Crippen LogP contribution in [0.4, 0.5) is 0 Å². The van der Waals surface area contributed by atoms with E-state index in [0.29, 0.717) is 0 Å². The molecule has 0 radical (unpaired) electrons. The van der Waals surface area contributed by atoms with Gasteiger partial charge < -0.3 is 26.4 Å². The Bertz CT molecular complexity index is 605. The molecule has 31 heavy (non-hydrogen) atoms. The molecule has 2 heterocycles. The van der Waals surface area contributed by atoms with Gasteiger partial charge in [-0.05, 0) is 32.1 Å². The quantitative estimate of drug-likeness (QED) is 0.654. The van der Waals surface area contributed by atoms with Gasteiger partial charge >= 0.3 is 0 Å². The molecule has 1 aliphatic carbocycles. The molecule has 1 aromatic rings. The lowest BCUT2D eigenvalue weighted by atomic mass is 9.97. The number of nitrogens with zero attached hydrogens (tertiary/aromatic N) is 1. The lowest BCUT2D eigenvalue weighted by Crippen LogP contribution is -3.00. The van der Waals surface area contributed by atoms with Crippen LogP contribution >= 0.6 is 0 Å². The van der Waals surface area contributed by atoms with Crippen molar-refractivity contribution in [2.45, 2.75) is 108 Å². The Kier molecular flexibility index (Phi) is 10.2. The van der Waals surface area contributed by atoms with E-state index in [1.807, 2.05) is 0 Å². The molecule has 2 aliphatic heterocycles. The van der Waals surface area contributed by atoms with E-state index >= 15 is 0 Å². The Hall–Kier alpha value is -0.610. The smallest absolute Gasteiger partial charge is 0.169 e. The van der Waals surface area contributed by atoms with Crippen molar-refractivity contribution in [1.29, 1.82) is 0 Å². The summed E-state index contributed by atoms with van der Waals surface area (Å²) in [4.78, 5) is 0. The Morgan fingerprint density at radius 3 is 1.90 bits per heavy atom. The molecule has 0 unspecified atom stereocenters. The van der Waals surface area contributed by atoms with Gasteiger partial charge in [-0.2, -0.15) is 0 Å². The minimum absolute atomic E-state index is 0. The average molecular weight is 450 g/mol. The summed E-state index contributed by atoms with van der Waals surface area (Å²) in [6, 6.07) is 11.1. The zero-order chi connectivity index (χ0) is 20.5. The molecule has 0 amide bonds. The van der Waals surface area contributed by atoms with Crippen LogP contribution in [0.5, 0.6) is 0 Å². The van der Waals surface area contributed by atoms with Crippen molar-refractivity contribution >= 4 is 0 Å². The van der Waals surface area contributed by atoms with Gasteiger partial charge in [0.1, 0.15) is 19.2 Å². The molecule has 1 saturated carbocycles. The number of quaternary nitrogens is 1. The first-order chi connectivity index (χ1) is 14.8. The zero-order valence-electron chi connectivity index (χ0n) is 19.5. The largest absolute Gasteiger partial charge is 1.00 e. The molecule has 0 aromatic heterocycles. The Labute approximate surface area is 196 Å². The van der Waals surface area contributed by atoms with Gasteiger partial charge in [0.25, 0.3) is 0 Å². The number of hydrogen-bond donors (Lipinski definition) is 0. The van der Waals surface area contributed by atoms with E-state index in [1.165, 1.54) is 100 Å². The maximum atomic E-state index is 6.82. The third-order valence-electron chi connectivity index (χ3n) is 7.75. The SMILES string of the molecule is [Cl-].c1ccc(C[N+]2(C[C@@H]3COC4(CCCCCCCCCCC4)O3)CCCCC2)cc1. The summed E-state index contributed by atoms with van der Waals surface area (Å²) in [5.41, 5.74) is 1.47. The number of halogens is 1. The number of benzene rings is 1. The molecule has 4 heteroatoms. The van der Waals surface area contributed by atoms with Crippen LogP contribution in [0.3, 0.4) is 0 Å². The maximum absolute atomic E-state index is 6.82. The lowest BCUT2D eigenvalue weighted by Gasteiger charge is -2.43. The molecule has 1 aromatic carbocycles. The van der Waals surface area contributed by atoms with Gasteiger partial charge in [-0.1, -0.05) is 75.3 Å². The summed E-state index contributed by atoms with van der Waals surface area (Å²) in [5, 5.41) is 0. The average Bonchev–Trinajstić information content (AvgIpc) is 3.14. The molecule has 176 valence electrons. The molecule has 3 nitrogen and oxygen atoms in total. The van der Waals surface area contributed by atoms with Crippen LogP contribution < -0.4 is 12.4 Å². The highest BCUT2D eigenvalue weighted by Crippen LogP contribution is 2.37. The van der Waals surface area contributed by atoms with Gasteiger partial charge in [0.15, 0.2) is 5.79 Å². The van der Waals surface area contributed by atoms with Crippen molar-refractivity contribution in [3.63, 3.8) is 0 Å². The second kappa shape index (κ2) is 12.6. The van der Waals surface area contributed by atoms with Crippen molar-refractivity contribution in [2.75, 3.05) is 26.2 Å². The molecule has 1 spiro atoms. The fourth-order valence-corrected chi connectivity index (χ4v) is 6.11. The number of ether oxygens (including phenoxy) is 2. The van der Waals surface area contributed by atoms with E-state index in [2.05, 4.69) is 30.3 Å². The second-order valence-electron chi connectivity index (χ2n) is 10.3. The van der Waals surface area contributed by atoms with Gasteiger partial charge in [0, 0.05) is 18.4 Å². The van der Waals surface area contributed by atoms with Crippen molar-refractivity contribution in [3.05, 3.63) is 35.9 Å². The van der Waals surface area contributed by atoms with Gasteiger partial charge in [-0.15, -0.1) is 0 Å². The summed E-state index contributed by atoms with van der Waals surface area (Å²) < 4.78 is 14.5. The predicted octanol–water partition coefficient (Wildman–Crippen LogP) is 3.61. The molecule has 2 saturated heterocycles. The van der Waals surface area contributed by atoms with E-state index in [-0.39, 0.29) is 24.3 Å². The molecule has 1 atom stereocenters. The zero-order valence-corrected chi connectivity index (χ0v) is 20.3. The summed E-state index contributed by atoms with van der Waals surface area (Å²) in [5.74, 6) is -0.281. The number of piperidine rings is 1. The first kappa shape index (κ1) is 25.0. The number of hydrogen-bond acceptors (Lipinski definition) is 2. The van der Waals surface area contributed by atoms with Crippen LogP contribution in [0.1, 0.15) is 95.5 Å². The van der Waals surface area contributed by atoms with E-state index in [4.69, 9.17) is 9.47 Å². The molecule has 0 N–H and O–H groups in total. The highest BCUT2D eigenvalue weighted by Gasteiger charge is 2.44. The Balaban J connectivity index is 0.00000272. The van der Waals surface area contributed by atoms with Gasteiger partial charge in [-0.25, -0.2) is 0 Å². The van der Waals surface area contributed by atoms with Crippen LogP contribution in [0.15, 0.2) is 30.3 Å². The molecular weight excluding hydrogens is 406 g/mol.